The van der Waals surface area contributed by atoms with Crippen LogP contribution >= 0.6 is 0 Å². The minimum absolute atomic E-state index is 0.0185. The summed E-state index contributed by atoms with van der Waals surface area (Å²) in [4.78, 5) is 5.51. The number of nitrogens with zero attached hydrogens (tertiary/aromatic N) is 1. The lowest BCUT2D eigenvalue weighted by Crippen LogP contribution is -2.23. The highest BCUT2D eigenvalue weighted by Gasteiger charge is 2.41. The quantitative estimate of drug-likeness (QED) is 0.773. The molecule has 14 heavy (non-hydrogen) atoms. The van der Waals surface area contributed by atoms with Crippen LogP contribution in [-0.4, -0.2) is 29.9 Å². The molecule has 4 heteroatoms. The zero-order chi connectivity index (χ0) is 10.1. The van der Waals surface area contributed by atoms with Crippen molar-refractivity contribution < 1.29 is 14.4 Å². The van der Waals surface area contributed by atoms with Gasteiger partial charge in [0.25, 0.3) is 0 Å². The smallest absolute Gasteiger partial charge is 0.123 e. The predicted molar refractivity (Wildman–Crippen MR) is 50.3 cm³/mol. The first kappa shape index (κ1) is 9.71. The van der Waals surface area contributed by atoms with Crippen molar-refractivity contribution >= 4 is 0 Å². The Labute approximate surface area is 83.0 Å². The van der Waals surface area contributed by atoms with E-state index < -0.39 is 0 Å². The fourth-order valence-electron chi connectivity index (χ4n) is 2.03. The van der Waals surface area contributed by atoms with Gasteiger partial charge in [-0.05, 0) is 19.1 Å². The number of aliphatic hydroxyl groups excluding tert-OH is 1. The van der Waals surface area contributed by atoms with Gasteiger partial charge in [-0.15, -0.1) is 0 Å². The molecule has 1 aliphatic heterocycles. The van der Waals surface area contributed by atoms with Crippen LogP contribution in [0.15, 0.2) is 22.8 Å². The molecule has 0 saturated carbocycles. The average Bonchev–Trinajstić information content (AvgIpc) is 2.72. The van der Waals surface area contributed by atoms with E-state index in [1.807, 2.05) is 26.1 Å². The van der Waals surface area contributed by atoms with Crippen LogP contribution in [0.5, 0.6) is 0 Å². The second-order valence-corrected chi connectivity index (χ2v) is 3.66. The number of hydroxylamine groups is 2. The van der Waals surface area contributed by atoms with Gasteiger partial charge in [0.15, 0.2) is 0 Å². The Morgan fingerprint density at radius 1 is 1.57 bits per heavy atom. The maximum Gasteiger partial charge on any atom is 0.123 e. The number of hydrogen-bond acceptors (Lipinski definition) is 4. The summed E-state index contributed by atoms with van der Waals surface area (Å²) in [5.74, 6) is 0.919. The van der Waals surface area contributed by atoms with Crippen molar-refractivity contribution in [1.29, 1.82) is 0 Å². The van der Waals surface area contributed by atoms with E-state index in [2.05, 4.69) is 0 Å². The van der Waals surface area contributed by atoms with Gasteiger partial charge in [-0.3, -0.25) is 4.84 Å². The van der Waals surface area contributed by atoms with E-state index in [0.29, 0.717) is 0 Å². The number of aliphatic hydroxyl groups is 1. The number of furan rings is 1. The Morgan fingerprint density at radius 2 is 2.36 bits per heavy atom. The first-order valence-electron chi connectivity index (χ1n) is 4.78. The third kappa shape index (κ3) is 1.45. The molecule has 1 fully saturated rings. The summed E-state index contributed by atoms with van der Waals surface area (Å²) in [5, 5.41) is 11.0. The first-order valence-corrected chi connectivity index (χ1v) is 4.78. The van der Waals surface area contributed by atoms with Gasteiger partial charge in [-0.2, -0.15) is 5.06 Å². The minimum atomic E-state index is 0.0185. The predicted octanol–water partition coefficient (Wildman–Crippen LogP) is 1.19. The van der Waals surface area contributed by atoms with E-state index in [9.17, 15) is 5.11 Å². The Morgan fingerprint density at radius 3 is 2.93 bits per heavy atom. The number of rotatable bonds is 2. The molecule has 1 aliphatic rings. The van der Waals surface area contributed by atoms with Crippen LogP contribution in [0.3, 0.4) is 0 Å². The van der Waals surface area contributed by atoms with Crippen molar-refractivity contribution in [3.05, 3.63) is 24.2 Å². The summed E-state index contributed by atoms with van der Waals surface area (Å²) in [5.41, 5.74) is 0. The van der Waals surface area contributed by atoms with Gasteiger partial charge in [0.1, 0.15) is 11.8 Å². The normalized spacial score (nSPS) is 33.8. The van der Waals surface area contributed by atoms with Crippen molar-refractivity contribution in [2.24, 2.45) is 5.92 Å². The third-order valence-electron chi connectivity index (χ3n) is 2.78. The summed E-state index contributed by atoms with van der Waals surface area (Å²) in [7, 11) is 1.86. The van der Waals surface area contributed by atoms with Crippen LogP contribution < -0.4 is 0 Å². The highest BCUT2D eigenvalue weighted by molar-refractivity contribution is 5.07. The standard InChI is InChI=1S/C10H15NO3/c1-7-8(6-12)10(11(2)14-7)9-4-3-5-13-9/h3-5,7-8,10,12H,6H2,1-2H3/t7-,8-,10-/m0/s1. The van der Waals surface area contributed by atoms with Crippen molar-refractivity contribution in [3.8, 4) is 0 Å². The van der Waals surface area contributed by atoms with Crippen molar-refractivity contribution in [1.82, 2.24) is 5.06 Å². The molecular weight excluding hydrogens is 182 g/mol. The maximum atomic E-state index is 9.28. The maximum absolute atomic E-state index is 9.28. The second-order valence-electron chi connectivity index (χ2n) is 3.66. The molecule has 4 nitrogen and oxygen atoms in total. The van der Waals surface area contributed by atoms with E-state index in [-0.39, 0.29) is 24.7 Å². The molecule has 3 atom stereocenters. The highest BCUT2D eigenvalue weighted by atomic mass is 16.7. The summed E-state index contributed by atoms with van der Waals surface area (Å²) >= 11 is 0. The van der Waals surface area contributed by atoms with Gasteiger partial charge in [-0.25, -0.2) is 0 Å². The van der Waals surface area contributed by atoms with E-state index >= 15 is 0 Å². The molecule has 0 aliphatic carbocycles. The molecule has 0 radical (unpaired) electrons. The Bertz CT molecular complexity index is 286. The Hall–Kier alpha value is -0.840. The molecule has 2 rings (SSSR count). The minimum Gasteiger partial charge on any atom is -0.468 e. The van der Waals surface area contributed by atoms with Gasteiger partial charge < -0.3 is 9.52 Å². The Kier molecular flexibility index (Phi) is 2.58. The molecule has 1 aromatic rings. The summed E-state index contributed by atoms with van der Waals surface area (Å²) < 4.78 is 5.34. The van der Waals surface area contributed by atoms with Crippen molar-refractivity contribution in [3.63, 3.8) is 0 Å². The van der Waals surface area contributed by atoms with Gasteiger partial charge in [-0.1, -0.05) is 0 Å². The van der Waals surface area contributed by atoms with E-state index in [1.165, 1.54) is 0 Å². The molecule has 0 aromatic carbocycles. The van der Waals surface area contributed by atoms with Crippen molar-refractivity contribution in [2.45, 2.75) is 19.1 Å². The highest BCUT2D eigenvalue weighted by Crippen LogP contribution is 2.37. The van der Waals surface area contributed by atoms with Crippen LogP contribution in [0.2, 0.25) is 0 Å². The van der Waals surface area contributed by atoms with Gasteiger partial charge in [0, 0.05) is 13.0 Å². The third-order valence-corrected chi connectivity index (χ3v) is 2.78. The molecule has 0 amide bonds. The molecular formula is C10H15NO3. The number of hydrogen-bond donors (Lipinski definition) is 1. The van der Waals surface area contributed by atoms with Crippen LogP contribution in [-0.2, 0) is 4.84 Å². The van der Waals surface area contributed by atoms with Crippen LogP contribution in [0, 0.1) is 5.92 Å². The summed E-state index contributed by atoms with van der Waals surface area (Å²) in [6, 6.07) is 3.77. The van der Waals surface area contributed by atoms with Gasteiger partial charge in [0.2, 0.25) is 0 Å². The van der Waals surface area contributed by atoms with Gasteiger partial charge >= 0.3 is 0 Å². The van der Waals surface area contributed by atoms with E-state index in [4.69, 9.17) is 9.25 Å². The van der Waals surface area contributed by atoms with Crippen molar-refractivity contribution in [2.75, 3.05) is 13.7 Å². The lowest BCUT2D eigenvalue weighted by molar-refractivity contribution is -0.141. The molecule has 1 aromatic heterocycles. The van der Waals surface area contributed by atoms with Crippen LogP contribution in [0.25, 0.3) is 0 Å². The van der Waals surface area contributed by atoms with E-state index in [1.54, 1.807) is 11.3 Å². The average molecular weight is 197 g/mol. The van der Waals surface area contributed by atoms with Crippen LogP contribution in [0.1, 0.15) is 18.7 Å². The second kappa shape index (κ2) is 3.73. The molecule has 0 spiro atoms. The summed E-state index contributed by atoms with van der Waals surface area (Å²) in [6.45, 7) is 2.07. The Balaban J connectivity index is 2.24. The first-order chi connectivity index (χ1) is 6.74. The molecule has 1 saturated heterocycles. The van der Waals surface area contributed by atoms with Gasteiger partial charge in [0.05, 0.1) is 19.0 Å². The SMILES string of the molecule is C[C@@H]1ON(C)[C@H](c2ccco2)[C@H]1CO. The fraction of sp³-hybridized carbons (Fsp3) is 0.600. The van der Waals surface area contributed by atoms with E-state index in [0.717, 1.165) is 5.76 Å². The molecule has 1 N–H and O–H groups in total. The zero-order valence-corrected chi connectivity index (χ0v) is 8.38. The molecule has 2 heterocycles. The largest absolute Gasteiger partial charge is 0.468 e. The lowest BCUT2D eigenvalue weighted by Gasteiger charge is -2.18. The lowest BCUT2D eigenvalue weighted by atomic mass is 9.95. The molecule has 0 unspecified atom stereocenters. The molecule has 78 valence electrons. The fourth-order valence-corrected chi connectivity index (χ4v) is 2.03. The molecule has 0 bridgehead atoms. The topological polar surface area (TPSA) is 45.8 Å². The van der Waals surface area contributed by atoms with Crippen LogP contribution in [0.4, 0.5) is 0 Å². The monoisotopic (exact) mass is 197 g/mol. The summed E-state index contributed by atoms with van der Waals surface area (Å²) in [6.07, 6.45) is 1.67. The zero-order valence-electron chi connectivity index (χ0n) is 8.38.